The van der Waals surface area contributed by atoms with E-state index in [1.54, 1.807) is 13.0 Å². The van der Waals surface area contributed by atoms with Gasteiger partial charge in [0.2, 0.25) is 0 Å². The Labute approximate surface area is 108 Å². The van der Waals surface area contributed by atoms with Crippen LogP contribution in [0.4, 0.5) is 4.39 Å². The summed E-state index contributed by atoms with van der Waals surface area (Å²) in [4.78, 5) is 0. The van der Waals surface area contributed by atoms with Crippen LogP contribution in [0.3, 0.4) is 0 Å². The van der Waals surface area contributed by atoms with E-state index in [9.17, 15) is 4.39 Å². The molecule has 1 rings (SSSR count). The van der Waals surface area contributed by atoms with Gasteiger partial charge in [-0.2, -0.15) is 0 Å². The molecule has 0 spiro atoms. The fourth-order valence-corrected chi connectivity index (χ4v) is 1.55. The number of ether oxygens (including phenoxy) is 1. The van der Waals surface area contributed by atoms with E-state index in [1.807, 2.05) is 0 Å². The molecule has 0 aliphatic rings. The largest absolute Gasteiger partial charge is 0.488 e. The average molecular weight is 255 g/mol. The summed E-state index contributed by atoms with van der Waals surface area (Å²) in [6, 6.07) is 4.44. The molecule has 0 amide bonds. The Balaban J connectivity index is 2.70. The van der Waals surface area contributed by atoms with E-state index in [1.165, 1.54) is 12.1 Å². The van der Waals surface area contributed by atoms with Crippen molar-refractivity contribution in [3.63, 3.8) is 0 Å². The Bertz CT molecular complexity index is 369. The van der Waals surface area contributed by atoms with Crippen molar-refractivity contribution in [1.82, 2.24) is 5.32 Å². The molecule has 0 aliphatic heterocycles. The van der Waals surface area contributed by atoms with Gasteiger partial charge in [-0.15, -0.1) is 0 Å². The summed E-state index contributed by atoms with van der Waals surface area (Å²) in [6.07, 6.45) is -0.292. The van der Waals surface area contributed by atoms with Crippen molar-refractivity contribution in [2.75, 3.05) is 13.2 Å². The van der Waals surface area contributed by atoms with Gasteiger partial charge in [0.25, 0.3) is 0 Å². The van der Waals surface area contributed by atoms with Crippen LogP contribution in [0.25, 0.3) is 0 Å². The van der Waals surface area contributed by atoms with Crippen molar-refractivity contribution in [3.05, 3.63) is 29.6 Å². The molecule has 0 bridgehead atoms. The third-order valence-electron chi connectivity index (χ3n) is 2.48. The third-order valence-corrected chi connectivity index (χ3v) is 2.48. The number of hydrogen-bond acceptors (Lipinski definition) is 3. The summed E-state index contributed by atoms with van der Waals surface area (Å²) in [7, 11) is 0. The molecule has 0 fully saturated rings. The van der Waals surface area contributed by atoms with Crippen molar-refractivity contribution in [1.29, 1.82) is 0 Å². The van der Waals surface area contributed by atoms with Crippen LogP contribution >= 0.6 is 0 Å². The lowest BCUT2D eigenvalue weighted by Crippen LogP contribution is -2.21. The molecule has 1 unspecified atom stereocenters. The zero-order valence-electron chi connectivity index (χ0n) is 11.2. The number of nitrogens with one attached hydrogen (secondary N) is 1. The molecular weight excluding hydrogens is 233 g/mol. The first-order chi connectivity index (χ1) is 8.52. The van der Waals surface area contributed by atoms with E-state index in [0.717, 1.165) is 12.1 Å². The van der Waals surface area contributed by atoms with Crippen molar-refractivity contribution in [2.45, 2.75) is 33.4 Å². The minimum atomic E-state index is -0.292. The van der Waals surface area contributed by atoms with Crippen molar-refractivity contribution >= 4 is 0 Å². The third kappa shape index (κ3) is 5.02. The zero-order chi connectivity index (χ0) is 13.5. The van der Waals surface area contributed by atoms with Crippen molar-refractivity contribution < 1.29 is 14.2 Å². The highest BCUT2D eigenvalue weighted by Gasteiger charge is 2.09. The van der Waals surface area contributed by atoms with Crippen LogP contribution in [0.15, 0.2) is 18.2 Å². The number of benzene rings is 1. The number of rotatable bonds is 7. The molecule has 18 heavy (non-hydrogen) atoms. The molecular formula is C14H22FNO2. The maximum absolute atomic E-state index is 13.2. The summed E-state index contributed by atoms with van der Waals surface area (Å²) in [5.41, 5.74) is 0.774. The summed E-state index contributed by atoms with van der Waals surface area (Å²) in [5, 5.41) is 12.2. The summed E-state index contributed by atoms with van der Waals surface area (Å²) in [5.74, 6) is 0.883. The van der Waals surface area contributed by atoms with Gasteiger partial charge in [-0.05, 0) is 37.6 Å². The Kier molecular flexibility index (Phi) is 6.09. The number of halogens is 1. The number of aliphatic hydroxyl groups excluding tert-OH is 1. The lowest BCUT2D eigenvalue weighted by Gasteiger charge is -2.16. The molecule has 1 atom stereocenters. The van der Waals surface area contributed by atoms with E-state index in [4.69, 9.17) is 9.84 Å². The van der Waals surface area contributed by atoms with E-state index < -0.39 is 0 Å². The molecule has 0 aliphatic carbocycles. The summed E-state index contributed by atoms with van der Waals surface area (Å²) < 4.78 is 18.8. The Morgan fingerprint density at radius 2 is 2.06 bits per heavy atom. The minimum absolute atomic E-state index is 0.0593. The molecule has 1 aromatic rings. The molecule has 0 saturated heterocycles. The molecule has 2 N–H and O–H groups in total. The van der Waals surface area contributed by atoms with Crippen LogP contribution in [-0.4, -0.2) is 24.4 Å². The van der Waals surface area contributed by atoms with Crippen molar-refractivity contribution in [3.8, 4) is 5.75 Å². The molecule has 102 valence electrons. The molecule has 0 aromatic heterocycles. The van der Waals surface area contributed by atoms with Gasteiger partial charge in [0.05, 0.1) is 6.61 Å². The van der Waals surface area contributed by atoms with E-state index >= 15 is 0 Å². The first kappa shape index (κ1) is 14.9. The lowest BCUT2D eigenvalue weighted by molar-refractivity contribution is 0.128. The van der Waals surface area contributed by atoms with E-state index in [-0.39, 0.29) is 18.5 Å². The second-order valence-corrected chi connectivity index (χ2v) is 4.89. The maximum atomic E-state index is 13.2. The Hall–Kier alpha value is -1.13. The van der Waals surface area contributed by atoms with E-state index in [2.05, 4.69) is 19.2 Å². The molecule has 0 radical (unpaired) electrons. The Morgan fingerprint density at radius 3 is 2.67 bits per heavy atom. The molecule has 4 heteroatoms. The van der Waals surface area contributed by atoms with Crippen LogP contribution in [0.2, 0.25) is 0 Å². The van der Waals surface area contributed by atoms with Gasteiger partial charge in [0.1, 0.15) is 17.7 Å². The number of aliphatic hydroxyl groups is 1. The van der Waals surface area contributed by atoms with Crippen molar-refractivity contribution in [2.24, 2.45) is 5.92 Å². The quantitative estimate of drug-likeness (QED) is 0.785. The van der Waals surface area contributed by atoms with Crippen LogP contribution in [0, 0.1) is 11.7 Å². The summed E-state index contributed by atoms with van der Waals surface area (Å²) >= 11 is 0. The van der Waals surface area contributed by atoms with Crippen LogP contribution in [0.5, 0.6) is 5.75 Å². The first-order valence-electron chi connectivity index (χ1n) is 6.29. The monoisotopic (exact) mass is 255 g/mol. The minimum Gasteiger partial charge on any atom is -0.488 e. The predicted octanol–water partition coefficient (Wildman–Crippen LogP) is 2.33. The lowest BCUT2D eigenvalue weighted by atomic mass is 10.1. The van der Waals surface area contributed by atoms with Gasteiger partial charge >= 0.3 is 0 Å². The second-order valence-electron chi connectivity index (χ2n) is 4.89. The average Bonchev–Trinajstić information content (AvgIpc) is 2.31. The SMILES string of the molecule is CC(C)CNCc1cc(F)ccc1OC(C)CO. The Morgan fingerprint density at radius 1 is 1.33 bits per heavy atom. The molecule has 0 saturated carbocycles. The highest BCUT2D eigenvalue weighted by molar-refractivity contribution is 5.34. The second kappa shape index (κ2) is 7.34. The summed E-state index contributed by atoms with van der Waals surface area (Å²) in [6.45, 7) is 7.37. The van der Waals surface area contributed by atoms with E-state index in [0.29, 0.717) is 18.2 Å². The molecule has 3 nitrogen and oxygen atoms in total. The van der Waals surface area contributed by atoms with Gasteiger partial charge in [-0.1, -0.05) is 13.8 Å². The van der Waals surface area contributed by atoms with Gasteiger partial charge in [-0.25, -0.2) is 4.39 Å². The van der Waals surface area contributed by atoms with Gasteiger partial charge in [0.15, 0.2) is 0 Å². The fourth-order valence-electron chi connectivity index (χ4n) is 1.55. The van der Waals surface area contributed by atoms with Crippen LogP contribution in [0.1, 0.15) is 26.3 Å². The zero-order valence-corrected chi connectivity index (χ0v) is 11.2. The smallest absolute Gasteiger partial charge is 0.124 e. The molecule has 1 aromatic carbocycles. The highest BCUT2D eigenvalue weighted by Crippen LogP contribution is 2.21. The topological polar surface area (TPSA) is 41.5 Å². The highest BCUT2D eigenvalue weighted by atomic mass is 19.1. The standard InChI is InChI=1S/C14H22FNO2/c1-10(2)7-16-8-12-6-13(15)4-5-14(12)18-11(3)9-17/h4-6,10-11,16-17H,7-9H2,1-3H3. The van der Waals surface area contributed by atoms with Gasteiger partial charge < -0.3 is 15.2 Å². The fraction of sp³-hybridized carbons (Fsp3) is 0.571. The van der Waals surface area contributed by atoms with Gasteiger partial charge in [0, 0.05) is 12.1 Å². The van der Waals surface area contributed by atoms with Gasteiger partial charge in [-0.3, -0.25) is 0 Å². The number of hydrogen-bond donors (Lipinski definition) is 2. The normalized spacial score (nSPS) is 12.8. The maximum Gasteiger partial charge on any atom is 0.124 e. The van der Waals surface area contributed by atoms with Crippen LogP contribution in [-0.2, 0) is 6.54 Å². The van der Waals surface area contributed by atoms with Crippen LogP contribution < -0.4 is 10.1 Å². The predicted molar refractivity (Wildman–Crippen MR) is 70.1 cm³/mol. The first-order valence-corrected chi connectivity index (χ1v) is 6.29. The molecule has 0 heterocycles.